The Bertz CT molecular complexity index is 545. The van der Waals surface area contributed by atoms with Crippen LogP contribution in [0.1, 0.15) is 46.0 Å². The Kier molecular flexibility index (Phi) is 5.78. The lowest BCUT2D eigenvalue weighted by Gasteiger charge is -2.37. The first kappa shape index (κ1) is 17.2. The molecule has 0 spiro atoms. The Morgan fingerprint density at radius 3 is 2.55 bits per heavy atom. The fourth-order valence-corrected chi connectivity index (χ4v) is 3.60. The van der Waals surface area contributed by atoms with E-state index in [2.05, 4.69) is 29.8 Å². The van der Waals surface area contributed by atoms with E-state index >= 15 is 0 Å². The number of halogens is 2. The molecule has 0 amide bonds. The normalized spacial score (nSPS) is 16.0. The number of hydrogen-bond donors (Lipinski definition) is 0. The number of nitro groups is 1. The molecule has 0 atom stereocenters. The third-order valence-corrected chi connectivity index (χ3v) is 4.53. The van der Waals surface area contributed by atoms with Gasteiger partial charge < -0.3 is 4.90 Å². The molecule has 4 nitrogen and oxygen atoms in total. The van der Waals surface area contributed by atoms with E-state index < -0.39 is 10.7 Å². The summed E-state index contributed by atoms with van der Waals surface area (Å²) in [6.07, 6.45) is 5.34. The number of anilines is 1. The Hall–Kier alpha value is -1.17. The highest BCUT2D eigenvalue weighted by atomic mass is 79.9. The molecule has 6 heteroatoms. The Morgan fingerprint density at radius 1 is 1.36 bits per heavy atom. The van der Waals surface area contributed by atoms with Crippen molar-refractivity contribution in [3.8, 4) is 0 Å². The quantitative estimate of drug-likeness (QED) is 0.520. The lowest BCUT2D eigenvalue weighted by molar-refractivity contribution is -0.384. The van der Waals surface area contributed by atoms with Crippen molar-refractivity contribution in [2.75, 3.05) is 11.4 Å². The molecule has 1 aliphatic rings. The summed E-state index contributed by atoms with van der Waals surface area (Å²) >= 11 is 3.15. The lowest BCUT2D eigenvalue weighted by Crippen LogP contribution is -2.40. The van der Waals surface area contributed by atoms with Crippen LogP contribution in [0.15, 0.2) is 16.6 Å². The maximum atomic E-state index is 14.6. The van der Waals surface area contributed by atoms with Crippen LogP contribution in [0.4, 0.5) is 15.8 Å². The minimum Gasteiger partial charge on any atom is -0.360 e. The monoisotopic (exact) mass is 372 g/mol. The molecule has 1 aliphatic carbocycles. The van der Waals surface area contributed by atoms with E-state index in [9.17, 15) is 14.5 Å². The molecule has 0 unspecified atom stereocenters. The van der Waals surface area contributed by atoms with Gasteiger partial charge in [0.2, 0.25) is 0 Å². The second-order valence-electron chi connectivity index (χ2n) is 6.35. The molecule has 0 aliphatic heterocycles. The zero-order valence-electron chi connectivity index (χ0n) is 13.0. The number of benzene rings is 1. The number of rotatable bonds is 5. The largest absolute Gasteiger partial charge is 0.360 e. The van der Waals surface area contributed by atoms with Gasteiger partial charge in [-0.05, 0) is 24.8 Å². The van der Waals surface area contributed by atoms with Gasteiger partial charge in [0, 0.05) is 23.1 Å². The minimum atomic E-state index is -0.521. The van der Waals surface area contributed by atoms with Crippen LogP contribution in [0.3, 0.4) is 0 Å². The fraction of sp³-hybridized carbons (Fsp3) is 0.625. The van der Waals surface area contributed by atoms with Crippen LogP contribution in [-0.2, 0) is 0 Å². The predicted molar refractivity (Wildman–Crippen MR) is 89.8 cm³/mol. The molecule has 0 bridgehead atoms. The molecule has 0 N–H and O–H groups in total. The zero-order chi connectivity index (χ0) is 16.3. The van der Waals surface area contributed by atoms with Crippen LogP contribution in [0.25, 0.3) is 0 Å². The summed E-state index contributed by atoms with van der Waals surface area (Å²) in [6, 6.07) is 2.90. The third-order valence-electron chi connectivity index (χ3n) is 4.07. The molecule has 0 saturated heterocycles. The average Bonchev–Trinajstić information content (AvgIpc) is 2.45. The molecule has 122 valence electrons. The van der Waals surface area contributed by atoms with Gasteiger partial charge in [0.05, 0.1) is 4.92 Å². The summed E-state index contributed by atoms with van der Waals surface area (Å²) in [4.78, 5) is 12.8. The van der Waals surface area contributed by atoms with Crippen LogP contribution in [0.2, 0.25) is 0 Å². The topological polar surface area (TPSA) is 46.4 Å². The first-order chi connectivity index (χ1) is 10.4. The lowest BCUT2D eigenvalue weighted by atomic mass is 9.93. The second kappa shape index (κ2) is 7.40. The molecule has 0 aromatic heterocycles. The first-order valence-corrected chi connectivity index (χ1v) is 8.59. The summed E-state index contributed by atoms with van der Waals surface area (Å²) in [7, 11) is 0. The minimum absolute atomic E-state index is 0.147. The van der Waals surface area contributed by atoms with E-state index in [1.807, 2.05) is 4.90 Å². The fourth-order valence-electron chi connectivity index (χ4n) is 3.18. The van der Waals surface area contributed by atoms with Crippen molar-refractivity contribution in [3.63, 3.8) is 0 Å². The van der Waals surface area contributed by atoms with Gasteiger partial charge in [-0.1, -0.05) is 49.0 Å². The molecular weight excluding hydrogens is 351 g/mol. The van der Waals surface area contributed by atoms with E-state index in [0.717, 1.165) is 25.7 Å². The van der Waals surface area contributed by atoms with E-state index in [4.69, 9.17) is 0 Å². The molecule has 1 aromatic carbocycles. The van der Waals surface area contributed by atoms with Crippen molar-refractivity contribution in [1.82, 2.24) is 0 Å². The van der Waals surface area contributed by atoms with Gasteiger partial charge in [-0.2, -0.15) is 0 Å². The van der Waals surface area contributed by atoms with Crippen LogP contribution < -0.4 is 4.90 Å². The summed E-state index contributed by atoms with van der Waals surface area (Å²) < 4.78 is 14.9. The predicted octanol–water partition coefficient (Wildman–Crippen LogP) is 5.29. The summed E-state index contributed by atoms with van der Waals surface area (Å²) in [5.74, 6) is -0.211. The van der Waals surface area contributed by atoms with Gasteiger partial charge in [-0.25, -0.2) is 4.39 Å². The molecule has 1 fully saturated rings. The van der Waals surface area contributed by atoms with Crippen LogP contribution in [0.5, 0.6) is 0 Å². The standard InChI is InChI=1S/C16H22BrFN2O2/c1-11(2)10-19(13-6-4-3-5-7-13)16-14(18)8-12(17)9-15(16)20(21)22/h8-9,11,13H,3-7,10H2,1-2H3. The van der Waals surface area contributed by atoms with Crippen LogP contribution >= 0.6 is 15.9 Å². The highest BCUT2D eigenvalue weighted by molar-refractivity contribution is 9.10. The molecule has 1 aromatic rings. The summed E-state index contributed by atoms with van der Waals surface area (Å²) in [5.41, 5.74) is -0.00750. The Balaban J connectivity index is 2.48. The highest BCUT2D eigenvalue weighted by Crippen LogP contribution is 2.38. The van der Waals surface area contributed by atoms with E-state index in [0.29, 0.717) is 16.9 Å². The second-order valence-corrected chi connectivity index (χ2v) is 7.27. The molecule has 0 heterocycles. The Labute approximate surface area is 139 Å². The third kappa shape index (κ3) is 3.97. The molecule has 1 saturated carbocycles. The van der Waals surface area contributed by atoms with E-state index in [1.54, 1.807) is 0 Å². The summed E-state index contributed by atoms with van der Waals surface area (Å²) in [6.45, 7) is 4.74. The summed E-state index contributed by atoms with van der Waals surface area (Å²) in [5, 5.41) is 11.4. The number of nitro benzene ring substituents is 1. The van der Waals surface area contributed by atoms with Crippen LogP contribution in [-0.4, -0.2) is 17.5 Å². The smallest absolute Gasteiger partial charge is 0.296 e. The highest BCUT2D eigenvalue weighted by Gasteiger charge is 2.30. The van der Waals surface area contributed by atoms with Crippen molar-refractivity contribution in [2.24, 2.45) is 5.92 Å². The van der Waals surface area contributed by atoms with Gasteiger partial charge in [0.15, 0.2) is 11.5 Å². The van der Waals surface area contributed by atoms with Crippen molar-refractivity contribution in [2.45, 2.75) is 52.0 Å². The molecule has 22 heavy (non-hydrogen) atoms. The van der Waals surface area contributed by atoms with Crippen LogP contribution in [0, 0.1) is 21.8 Å². The average molecular weight is 373 g/mol. The molecule has 0 radical (unpaired) electrons. The molecule has 2 rings (SSSR count). The maximum Gasteiger partial charge on any atom is 0.296 e. The first-order valence-electron chi connectivity index (χ1n) is 7.80. The van der Waals surface area contributed by atoms with Crippen molar-refractivity contribution in [1.29, 1.82) is 0 Å². The van der Waals surface area contributed by atoms with Gasteiger partial charge in [-0.3, -0.25) is 10.1 Å². The number of nitrogens with zero attached hydrogens (tertiary/aromatic N) is 2. The molecular formula is C16H22BrFN2O2. The van der Waals surface area contributed by atoms with Crippen molar-refractivity contribution in [3.05, 3.63) is 32.5 Å². The Morgan fingerprint density at radius 2 is 2.00 bits per heavy atom. The number of hydrogen-bond acceptors (Lipinski definition) is 3. The zero-order valence-corrected chi connectivity index (χ0v) is 14.6. The van der Waals surface area contributed by atoms with Gasteiger partial charge in [0.25, 0.3) is 5.69 Å². The van der Waals surface area contributed by atoms with Crippen molar-refractivity contribution >= 4 is 27.3 Å². The van der Waals surface area contributed by atoms with Gasteiger partial charge >= 0.3 is 0 Å². The van der Waals surface area contributed by atoms with E-state index in [1.165, 1.54) is 18.6 Å². The van der Waals surface area contributed by atoms with Gasteiger partial charge in [0.1, 0.15) is 0 Å². The SMILES string of the molecule is CC(C)CN(c1c(F)cc(Br)cc1[N+](=O)[O-])C1CCCCC1. The van der Waals surface area contributed by atoms with E-state index in [-0.39, 0.29) is 17.4 Å². The maximum absolute atomic E-state index is 14.6. The van der Waals surface area contributed by atoms with Crippen molar-refractivity contribution < 1.29 is 9.31 Å². The van der Waals surface area contributed by atoms with Gasteiger partial charge in [-0.15, -0.1) is 0 Å².